The summed E-state index contributed by atoms with van der Waals surface area (Å²) < 4.78 is 29.2. The van der Waals surface area contributed by atoms with Crippen molar-refractivity contribution in [3.63, 3.8) is 0 Å². The van der Waals surface area contributed by atoms with E-state index in [2.05, 4.69) is 0 Å². The van der Waals surface area contributed by atoms with Crippen LogP contribution in [0.15, 0.2) is 0 Å². The van der Waals surface area contributed by atoms with Gasteiger partial charge in [0.1, 0.15) is 0 Å². The van der Waals surface area contributed by atoms with Crippen LogP contribution >= 0.6 is 11.8 Å². The summed E-state index contributed by atoms with van der Waals surface area (Å²) in [6.07, 6.45) is 5.21. The lowest BCUT2D eigenvalue weighted by Crippen LogP contribution is -2.56. The molecular weight excluding hydrogens is 294 g/mol. The third-order valence-corrected chi connectivity index (χ3v) is 8.37. The highest BCUT2D eigenvalue weighted by atomic mass is 32.2. The average Bonchev–Trinajstić information content (AvgIpc) is 2.37. The van der Waals surface area contributed by atoms with Crippen LogP contribution in [-0.4, -0.2) is 49.2 Å². The lowest BCUT2D eigenvalue weighted by molar-refractivity contribution is -0.106. The average molecular weight is 322 g/mol. The molecule has 2 saturated heterocycles. The minimum absolute atomic E-state index is 0.0423. The fourth-order valence-corrected chi connectivity index (χ4v) is 5.20. The third-order valence-electron chi connectivity index (χ3n) is 5.20. The van der Waals surface area contributed by atoms with Gasteiger partial charge in [-0.3, -0.25) is 0 Å². The monoisotopic (exact) mass is 321 g/mol. The predicted octanol–water partition coefficient (Wildman–Crippen LogP) is 1.83. The highest BCUT2D eigenvalue weighted by molar-refractivity contribution is 7.99. The normalized spacial score (nSPS) is 29.3. The highest BCUT2D eigenvalue weighted by Crippen LogP contribution is 2.42. The van der Waals surface area contributed by atoms with E-state index in [9.17, 15) is 8.42 Å². The quantitative estimate of drug-likeness (QED) is 0.859. The molecule has 2 aliphatic rings. The van der Waals surface area contributed by atoms with Crippen LogP contribution in [0.3, 0.4) is 0 Å². The lowest BCUT2D eigenvalue weighted by atomic mass is 9.76. The molecule has 2 rings (SSSR count). The van der Waals surface area contributed by atoms with E-state index < -0.39 is 14.6 Å². The van der Waals surface area contributed by atoms with Gasteiger partial charge in [0.05, 0.1) is 10.3 Å². The minimum Gasteiger partial charge on any atom is -0.375 e. The Bertz CT molecular complexity index is 436. The second-order valence-corrected chi connectivity index (χ2v) is 10.6. The van der Waals surface area contributed by atoms with Gasteiger partial charge in [-0.1, -0.05) is 0 Å². The van der Waals surface area contributed by atoms with E-state index in [1.807, 2.05) is 11.8 Å². The van der Waals surface area contributed by atoms with E-state index in [1.54, 1.807) is 13.8 Å². The molecular formula is C14H27NO3S2. The molecule has 20 heavy (non-hydrogen) atoms. The predicted molar refractivity (Wildman–Crippen MR) is 84.9 cm³/mol. The Morgan fingerprint density at radius 2 is 1.95 bits per heavy atom. The first-order chi connectivity index (χ1) is 9.18. The van der Waals surface area contributed by atoms with Gasteiger partial charge >= 0.3 is 0 Å². The summed E-state index contributed by atoms with van der Waals surface area (Å²) in [6.45, 7) is 4.22. The molecule has 2 fully saturated rings. The van der Waals surface area contributed by atoms with Gasteiger partial charge in [-0.15, -0.1) is 0 Å². The van der Waals surface area contributed by atoms with E-state index in [1.165, 1.54) is 6.26 Å². The summed E-state index contributed by atoms with van der Waals surface area (Å²) in [6, 6.07) is -0.326. The first-order valence-corrected chi connectivity index (χ1v) is 10.4. The van der Waals surface area contributed by atoms with Crippen molar-refractivity contribution in [3.05, 3.63) is 0 Å². The Balaban J connectivity index is 2.12. The van der Waals surface area contributed by atoms with Crippen molar-refractivity contribution in [2.24, 2.45) is 11.7 Å². The Kier molecular flexibility index (Phi) is 4.80. The molecule has 2 atom stereocenters. The summed E-state index contributed by atoms with van der Waals surface area (Å²) in [5, 5.41) is 0. The molecule has 0 amide bonds. The van der Waals surface area contributed by atoms with Crippen LogP contribution in [0.1, 0.15) is 39.5 Å². The van der Waals surface area contributed by atoms with Crippen molar-refractivity contribution in [2.45, 2.75) is 55.9 Å². The van der Waals surface area contributed by atoms with Crippen LogP contribution in [0, 0.1) is 5.92 Å². The highest BCUT2D eigenvalue weighted by Gasteiger charge is 2.46. The van der Waals surface area contributed by atoms with Gasteiger partial charge in [-0.2, -0.15) is 11.8 Å². The fourth-order valence-electron chi connectivity index (χ4n) is 3.28. The standard InChI is InChI=1S/C14H27NO3S2/c1-13(2,20(3,16)17)12(15)11-4-7-18-14(10-11)5-8-19-9-6-14/h11-12H,4-10,15H2,1-3H3. The summed E-state index contributed by atoms with van der Waals surface area (Å²) in [7, 11) is -3.16. The SMILES string of the molecule is CC(C)(C(N)C1CCOC2(CCSCC2)C1)S(C)(=O)=O. The number of hydrogen-bond acceptors (Lipinski definition) is 5. The molecule has 118 valence electrons. The van der Waals surface area contributed by atoms with Gasteiger partial charge in [0.15, 0.2) is 9.84 Å². The van der Waals surface area contributed by atoms with E-state index in [0.717, 1.165) is 37.2 Å². The van der Waals surface area contributed by atoms with Crippen molar-refractivity contribution in [3.8, 4) is 0 Å². The van der Waals surface area contributed by atoms with Gasteiger partial charge in [0.25, 0.3) is 0 Å². The van der Waals surface area contributed by atoms with Crippen molar-refractivity contribution >= 4 is 21.6 Å². The zero-order valence-electron chi connectivity index (χ0n) is 12.7. The molecule has 0 bridgehead atoms. The number of hydrogen-bond donors (Lipinski definition) is 1. The molecule has 0 aromatic rings. The zero-order chi connectivity index (χ0) is 15.0. The smallest absolute Gasteiger partial charge is 0.154 e. The van der Waals surface area contributed by atoms with E-state index in [4.69, 9.17) is 10.5 Å². The topological polar surface area (TPSA) is 69.4 Å². The van der Waals surface area contributed by atoms with Crippen LogP contribution in [0.25, 0.3) is 0 Å². The van der Waals surface area contributed by atoms with Crippen molar-refractivity contribution in [1.29, 1.82) is 0 Å². The van der Waals surface area contributed by atoms with Gasteiger partial charge in [0, 0.05) is 18.9 Å². The van der Waals surface area contributed by atoms with Crippen LogP contribution in [-0.2, 0) is 14.6 Å². The van der Waals surface area contributed by atoms with Gasteiger partial charge in [-0.05, 0) is 57.0 Å². The molecule has 6 heteroatoms. The maximum atomic E-state index is 12.0. The Hall–Kier alpha value is 0.220. The number of rotatable bonds is 3. The molecule has 0 aromatic heterocycles. The molecule has 0 aromatic carbocycles. The lowest BCUT2D eigenvalue weighted by Gasteiger charge is -2.47. The molecule has 2 N–H and O–H groups in total. The van der Waals surface area contributed by atoms with Crippen molar-refractivity contribution < 1.29 is 13.2 Å². The number of thioether (sulfide) groups is 1. The Labute approximate surface area is 127 Å². The van der Waals surface area contributed by atoms with Gasteiger partial charge in [0.2, 0.25) is 0 Å². The summed E-state index contributed by atoms with van der Waals surface area (Å²) in [5.41, 5.74) is 6.32. The molecule has 4 nitrogen and oxygen atoms in total. The van der Waals surface area contributed by atoms with E-state index >= 15 is 0 Å². The summed E-state index contributed by atoms with van der Waals surface area (Å²) in [5.74, 6) is 2.51. The van der Waals surface area contributed by atoms with Crippen LogP contribution in [0.4, 0.5) is 0 Å². The van der Waals surface area contributed by atoms with Crippen LogP contribution in [0.5, 0.6) is 0 Å². The maximum absolute atomic E-state index is 12.0. The molecule has 2 heterocycles. The van der Waals surface area contributed by atoms with E-state index in [0.29, 0.717) is 6.61 Å². The number of ether oxygens (including phenoxy) is 1. The van der Waals surface area contributed by atoms with Crippen LogP contribution < -0.4 is 5.73 Å². The summed E-state index contributed by atoms with van der Waals surface area (Å²) >= 11 is 1.97. The first-order valence-electron chi connectivity index (χ1n) is 7.35. The molecule has 2 aliphatic heterocycles. The third kappa shape index (κ3) is 3.18. The Morgan fingerprint density at radius 1 is 1.35 bits per heavy atom. The zero-order valence-corrected chi connectivity index (χ0v) is 14.4. The second kappa shape index (κ2) is 5.78. The van der Waals surface area contributed by atoms with Gasteiger partial charge in [-0.25, -0.2) is 8.42 Å². The molecule has 0 saturated carbocycles. The minimum atomic E-state index is -3.16. The number of nitrogens with two attached hydrogens (primary N) is 1. The molecule has 1 spiro atoms. The van der Waals surface area contributed by atoms with Crippen molar-refractivity contribution in [1.82, 2.24) is 0 Å². The Morgan fingerprint density at radius 3 is 2.50 bits per heavy atom. The maximum Gasteiger partial charge on any atom is 0.154 e. The fraction of sp³-hybridized carbons (Fsp3) is 1.00. The van der Waals surface area contributed by atoms with Gasteiger partial charge < -0.3 is 10.5 Å². The van der Waals surface area contributed by atoms with Crippen LogP contribution in [0.2, 0.25) is 0 Å². The summed E-state index contributed by atoms with van der Waals surface area (Å²) in [4.78, 5) is 0. The molecule has 2 unspecified atom stereocenters. The van der Waals surface area contributed by atoms with E-state index in [-0.39, 0.29) is 17.6 Å². The molecule has 0 radical (unpaired) electrons. The number of sulfone groups is 1. The second-order valence-electron chi connectivity index (χ2n) is 6.80. The molecule has 0 aliphatic carbocycles. The largest absolute Gasteiger partial charge is 0.375 e. The van der Waals surface area contributed by atoms with Crippen molar-refractivity contribution in [2.75, 3.05) is 24.4 Å². The first kappa shape index (κ1) is 16.6.